The molecule has 394 valence electrons. The SMILES string of the molecule is CCCCC1=C(C)c2cc3nc(cc4[nH]c(cc5[nH]c(cc1n2)c(-c1c(C)c2cc6nc(cc7nc(cc8[nH]c(cc1[nH]2)c(CC)c8CC)C(CC)=C7CC)C(C)=C6CCCC)c5C)c(CC)c4CC)C(CC)=C3CC. The number of hydrogen-bond acceptors (Lipinski definition) is 4. The second-order valence-electron chi connectivity index (χ2n) is 21.6. The molecule has 8 nitrogen and oxygen atoms in total. The third kappa shape index (κ3) is 8.97. The fraction of sp³-hybridized carbons (Fsp3) is 0.412. The maximum absolute atomic E-state index is 5.60. The Labute approximate surface area is 451 Å². The van der Waals surface area contributed by atoms with Crippen LogP contribution in [0.25, 0.3) is 99.8 Å². The molecule has 0 unspecified atom stereocenters. The fourth-order valence-corrected chi connectivity index (χ4v) is 13.2. The lowest BCUT2D eigenvalue weighted by Gasteiger charge is -2.05. The van der Waals surface area contributed by atoms with Gasteiger partial charge in [0.05, 0.1) is 45.6 Å². The van der Waals surface area contributed by atoms with Gasteiger partial charge in [0, 0.05) is 55.3 Å². The van der Waals surface area contributed by atoms with Crippen LogP contribution in [-0.4, -0.2) is 39.9 Å². The summed E-state index contributed by atoms with van der Waals surface area (Å²) in [5.41, 5.74) is 37.8. The van der Waals surface area contributed by atoms with Crippen molar-refractivity contribution in [2.45, 2.75) is 187 Å². The molecule has 4 aliphatic rings. The van der Waals surface area contributed by atoms with Gasteiger partial charge in [0.1, 0.15) is 0 Å². The first-order valence-electron chi connectivity index (χ1n) is 29.3. The minimum atomic E-state index is 0.904. The number of unbranched alkanes of at least 4 members (excludes halogenated alkanes) is 2. The highest BCUT2D eigenvalue weighted by Gasteiger charge is 2.26. The van der Waals surface area contributed by atoms with Crippen LogP contribution in [0.3, 0.4) is 0 Å². The van der Waals surface area contributed by atoms with Crippen molar-refractivity contribution in [1.29, 1.82) is 0 Å². The average Bonchev–Trinajstić information content (AvgIpc) is 4.31. The molecule has 0 spiro atoms. The van der Waals surface area contributed by atoms with Crippen molar-refractivity contribution in [3.8, 4) is 11.1 Å². The van der Waals surface area contributed by atoms with Gasteiger partial charge in [-0.25, -0.2) is 19.9 Å². The lowest BCUT2D eigenvalue weighted by atomic mass is 9.96. The normalized spacial score (nSPS) is 13.9. The Kier molecular flexibility index (Phi) is 15.0. The van der Waals surface area contributed by atoms with Crippen LogP contribution in [0, 0.1) is 13.8 Å². The van der Waals surface area contributed by atoms with Crippen molar-refractivity contribution in [3.05, 3.63) is 127 Å². The molecule has 0 atom stereocenters. The van der Waals surface area contributed by atoms with E-state index in [1.54, 1.807) is 0 Å². The van der Waals surface area contributed by atoms with E-state index in [4.69, 9.17) is 19.9 Å². The number of aryl methyl sites for hydroxylation is 6. The number of aromatic nitrogens is 8. The van der Waals surface area contributed by atoms with Gasteiger partial charge in [-0.1, -0.05) is 82.1 Å². The summed E-state index contributed by atoms with van der Waals surface area (Å²) in [6.07, 6.45) is 13.7. The van der Waals surface area contributed by atoms with Gasteiger partial charge in [0.2, 0.25) is 0 Å². The lowest BCUT2D eigenvalue weighted by molar-refractivity contribution is 0.824. The molecule has 4 aliphatic heterocycles. The van der Waals surface area contributed by atoms with Gasteiger partial charge in [0.15, 0.2) is 0 Å². The summed E-state index contributed by atoms with van der Waals surface area (Å²) < 4.78 is 0. The summed E-state index contributed by atoms with van der Waals surface area (Å²) in [7, 11) is 0. The van der Waals surface area contributed by atoms with Gasteiger partial charge >= 0.3 is 0 Å². The summed E-state index contributed by atoms with van der Waals surface area (Å²) in [4.78, 5) is 38.2. The Hall–Kier alpha value is -6.80. The van der Waals surface area contributed by atoms with Gasteiger partial charge in [-0.05, 0) is 231 Å². The number of aromatic amines is 4. The first-order chi connectivity index (χ1) is 36.9. The van der Waals surface area contributed by atoms with Gasteiger partial charge < -0.3 is 19.9 Å². The van der Waals surface area contributed by atoms with Crippen molar-refractivity contribution < 1.29 is 0 Å². The Balaban J connectivity index is 1.39. The molecule has 6 aromatic rings. The minimum absolute atomic E-state index is 0.904. The summed E-state index contributed by atoms with van der Waals surface area (Å²) >= 11 is 0. The number of allylic oxidation sites excluding steroid dienone is 8. The third-order valence-corrected chi connectivity index (χ3v) is 17.3. The van der Waals surface area contributed by atoms with Crippen LogP contribution in [0.15, 0.2) is 48.5 Å². The molecule has 10 rings (SSSR count). The Morgan fingerprint density at radius 1 is 0.289 bits per heavy atom. The van der Waals surface area contributed by atoms with Crippen LogP contribution in [0.5, 0.6) is 0 Å². The van der Waals surface area contributed by atoms with E-state index in [2.05, 4.69) is 165 Å². The standard InChI is InChI=1S/C68H82N8/c1-15-25-27-49-37(11)51-29-55-41(17-3)45(21-7)59(73-55)34-61-47(23-9)48(24-10)62(76-61)35-65-67(40(14)54(72-65)32-63(49)69-51)68-39(13)53-31-57-43(19-5)46(22-8)60(75-57)33-58-44(20-6)42(18-4)56(74-58)30-52-38(12)50(28-26-16-2)64(70-52)36-66(68)71-53/h29-36,71-72,75-76H,15-28H2,1-14H3. The number of hydrogen-bond donors (Lipinski definition) is 4. The van der Waals surface area contributed by atoms with E-state index in [0.717, 1.165) is 180 Å². The monoisotopic (exact) mass is 1010 g/mol. The zero-order chi connectivity index (χ0) is 53.7. The molecule has 16 bridgehead atoms. The molecule has 0 saturated carbocycles. The predicted molar refractivity (Wildman–Crippen MR) is 327 cm³/mol. The summed E-state index contributed by atoms with van der Waals surface area (Å²) in [5, 5.41) is 0. The molecule has 0 radical (unpaired) electrons. The van der Waals surface area contributed by atoms with Gasteiger partial charge in [-0.15, -0.1) is 0 Å². The van der Waals surface area contributed by atoms with Crippen LogP contribution in [0.1, 0.15) is 226 Å². The molecule has 76 heavy (non-hydrogen) atoms. The van der Waals surface area contributed by atoms with E-state index in [-0.39, 0.29) is 0 Å². The van der Waals surface area contributed by atoms with E-state index in [9.17, 15) is 0 Å². The van der Waals surface area contributed by atoms with Crippen molar-refractivity contribution in [3.63, 3.8) is 0 Å². The molecule has 10 heterocycles. The number of nitrogens with zero attached hydrogens (tertiary/aromatic N) is 4. The molecule has 4 N–H and O–H groups in total. The highest BCUT2D eigenvalue weighted by molar-refractivity contribution is 6.04. The van der Waals surface area contributed by atoms with E-state index in [0.29, 0.717) is 0 Å². The molecule has 0 aromatic carbocycles. The van der Waals surface area contributed by atoms with E-state index < -0.39 is 0 Å². The maximum atomic E-state index is 5.60. The lowest BCUT2D eigenvalue weighted by Crippen LogP contribution is -1.87. The molecular formula is C68H82N8. The molecule has 0 saturated heterocycles. The number of rotatable bonds is 15. The highest BCUT2D eigenvalue weighted by Crippen LogP contribution is 2.44. The first kappa shape index (κ1) is 52.6. The van der Waals surface area contributed by atoms with Crippen LogP contribution < -0.4 is 0 Å². The van der Waals surface area contributed by atoms with Gasteiger partial charge in [-0.3, -0.25) is 0 Å². The Morgan fingerprint density at radius 2 is 0.566 bits per heavy atom. The van der Waals surface area contributed by atoms with Crippen molar-refractivity contribution in [1.82, 2.24) is 39.9 Å². The highest BCUT2D eigenvalue weighted by atomic mass is 14.8. The molecule has 0 aliphatic carbocycles. The average molecular weight is 1010 g/mol. The number of H-pyrrole nitrogens is 4. The third-order valence-electron chi connectivity index (χ3n) is 17.3. The fourth-order valence-electron chi connectivity index (χ4n) is 13.2. The molecule has 0 fully saturated rings. The van der Waals surface area contributed by atoms with E-state index in [1.807, 2.05) is 0 Å². The minimum Gasteiger partial charge on any atom is -0.355 e. The molecule has 0 amide bonds. The summed E-state index contributed by atoms with van der Waals surface area (Å²) in [6.45, 7) is 32.0. The van der Waals surface area contributed by atoms with Crippen molar-refractivity contribution in [2.24, 2.45) is 0 Å². The smallest absolute Gasteiger partial charge is 0.0694 e. The number of nitrogens with one attached hydrogen (secondary N) is 4. The van der Waals surface area contributed by atoms with E-state index in [1.165, 1.54) is 89.1 Å². The van der Waals surface area contributed by atoms with Crippen molar-refractivity contribution >= 4 is 88.7 Å². The largest absolute Gasteiger partial charge is 0.355 e. The maximum Gasteiger partial charge on any atom is 0.0694 e. The Bertz CT molecular complexity index is 3810. The van der Waals surface area contributed by atoms with Crippen LogP contribution in [0.2, 0.25) is 0 Å². The molecular weight excluding hydrogens is 929 g/mol. The van der Waals surface area contributed by atoms with Gasteiger partial charge in [0.25, 0.3) is 0 Å². The summed E-state index contributed by atoms with van der Waals surface area (Å²) in [5.74, 6) is 0. The zero-order valence-corrected chi connectivity index (χ0v) is 48.3. The Morgan fingerprint density at radius 3 is 0.934 bits per heavy atom. The quantitative estimate of drug-likeness (QED) is 0.0820. The van der Waals surface area contributed by atoms with Crippen LogP contribution in [0.4, 0.5) is 0 Å². The van der Waals surface area contributed by atoms with Gasteiger partial charge in [-0.2, -0.15) is 0 Å². The first-order valence-corrected chi connectivity index (χ1v) is 29.3. The zero-order valence-electron chi connectivity index (χ0n) is 48.3. The van der Waals surface area contributed by atoms with E-state index >= 15 is 0 Å². The van der Waals surface area contributed by atoms with Crippen LogP contribution in [-0.2, 0) is 25.7 Å². The van der Waals surface area contributed by atoms with Crippen molar-refractivity contribution in [2.75, 3.05) is 0 Å². The summed E-state index contributed by atoms with van der Waals surface area (Å²) in [6, 6.07) is 18.7. The number of fused-ring (bicyclic) bond motifs is 16. The second-order valence-corrected chi connectivity index (χ2v) is 21.6. The predicted octanol–water partition coefficient (Wildman–Crippen LogP) is 19.2. The topological polar surface area (TPSA) is 115 Å². The molecule has 8 heteroatoms. The second kappa shape index (κ2) is 21.7. The van der Waals surface area contributed by atoms with Crippen LogP contribution >= 0.6 is 0 Å². The molecule has 6 aromatic heterocycles.